The fourth-order valence-electron chi connectivity index (χ4n) is 5.80. The minimum Gasteiger partial charge on any atom is -0.490 e. The van der Waals surface area contributed by atoms with Crippen molar-refractivity contribution >= 4 is 33.9 Å². The Morgan fingerprint density at radius 1 is 1.15 bits per heavy atom. The van der Waals surface area contributed by atoms with Crippen molar-refractivity contribution < 1.29 is 23.8 Å². The Bertz CT molecular complexity index is 1340. The highest BCUT2D eigenvalue weighted by atomic mass is 32.1. The van der Waals surface area contributed by atoms with Gasteiger partial charge in [0.1, 0.15) is 23.4 Å². The van der Waals surface area contributed by atoms with Crippen LogP contribution in [-0.4, -0.2) is 67.8 Å². The maximum atomic E-state index is 14.1. The van der Waals surface area contributed by atoms with Gasteiger partial charge in [-0.05, 0) is 54.9 Å². The lowest BCUT2D eigenvalue weighted by Gasteiger charge is -2.35. The quantitative estimate of drug-likeness (QED) is 0.297. The van der Waals surface area contributed by atoms with E-state index >= 15 is 0 Å². The zero-order valence-electron chi connectivity index (χ0n) is 24.3. The first-order chi connectivity index (χ1) is 20.0. The number of rotatable bonds is 11. The summed E-state index contributed by atoms with van der Waals surface area (Å²) < 4.78 is 16.9. The van der Waals surface area contributed by atoms with Crippen LogP contribution in [0.5, 0.6) is 5.75 Å². The van der Waals surface area contributed by atoms with Crippen molar-refractivity contribution in [3.05, 3.63) is 46.8 Å². The maximum Gasteiger partial charge on any atom is 0.246 e. The number of carbonyl (C=O) groups is 2. The molecule has 1 N–H and O–H groups in total. The Morgan fingerprint density at radius 2 is 1.95 bits per heavy atom. The van der Waals surface area contributed by atoms with E-state index in [1.165, 1.54) is 0 Å². The van der Waals surface area contributed by atoms with E-state index in [9.17, 15) is 9.59 Å². The van der Waals surface area contributed by atoms with Gasteiger partial charge in [-0.3, -0.25) is 9.59 Å². The molecule has 2 aromatic carbocycles. The van der Waals surface area contributed by atoms with Crippen molar-refractivity contribution in [2.24, 2.45) is 11.8 Å². The van der Waals surface area contributed by atoms with Gasteiger partial charge >= 0.3 is 0 Å². The van der Waals surface area contributed by atoms with Gasteiger partial charge in [-0.1, -0.05) is 44.2 Å². The average molecular weight is 580 g/mol. The largest absolute Gasteiger partial charge is 0.490 e. The molecule has 0 aliphatic carbocycles. The molecular formula is C32H41N3O5S. The van der Waals surface area contributed by atoms with Crippen LogP contribution in [0.15, 0.2) is 41.8 Å². The summed E-state index contributed by atoms with van der Waals surface area (Å²) in [5.74, 6) is 0.648. The van der Waals surface area contributed by atoms with Crippen LogP contribution in [0.4, 0.5) is 0 Å². The molecule has 0 unspecified atom stereocenters. The Balaban J connectivity index is 1.43. The van der Waals surface area contributed by atoms with Crippen LogP contribution in [0.25, 0.3) is 22.0 Å². The van der Waals surface area contributed by atoms with E-state index in [-0.39, 0.29) is 29.7 Å². The third-order valence-electron chi connectivity index (χ3n) is 8.40. The van der Waals surface area contributed by atoms with Crippen LogP contribution in [0.3, 0.4) is 0 Å². The average Bonchev–Trinajstić information content (AvgIpc) is 3.69. The van der Waals surface area contributed by atoms with Gasteiger partial charge < -0.3 is 24.4 Å². The number of likely N-dealkylation sites (tertiary alicyclic amines) is 1. The topological polar surface area (TPSA) is 90.0 Å². The molecule has 3 aromatic rings. The molecule has 2 aliphatic heterocycles. The van der Waals surface area contributed by atoms with Gasteiger partial charge in [-0.2, -0.15) is 0 Å². The van der Waals surface area contributed by atoms with E-state index in [1.807, 2.05) is 36.9 Å². The summed E-state index contributed by atoms with van der Waals surface area (Å²) in [6.07, 6.45) is 4.03. The SMILES string of the molecule is CC[C@@H](C)C(=O)N[C@H](C(=O)N1CCC[C@H]1c1nc(-c2c(OCCOC)ccc3ccccc23)cs1)C1CCOCC1. The van der Waals surface area contributed by atoms with Crippen molar-refractivity contribution in [2.45, 2.75) is 58.0 Å². The van der Waals surface area contributed by atoms with E-state index in [2.05, 4.69) is 28.9 Å². The summed E-state index contributed by atoms with van der Waals surface area (Å²) >= 11 is 1.59. The van der Waals surface area contributed by atoms with Gasteiger partial charge in [-0.25, -0.2) is 4.98 Å². The van der Waals surface area contributed by atoms with Crippen LogP contribution in [0, 0.1) is 11.8 Å². The molecule has 2 aliphatic rings. The highest BCUT2D eigenvalue weighted by molar-refractivity contribution is 7.10. The lowest BCUT2D eigenvalue weighted by atomic mass is 9.90. The van der Waals surface area contributed by atoms with Crippen molar-refractivity contribution in [1.82, 2.24) is 15.2 Å². The fourth-order valence-corrected chi connectivity index (χ4v) is 6.76. The first kappa shape index (κ1) is 29.5. The van der Waals surface area contributed by atoms with Gasteiger partial charge in [0.15, 0.2) is 0 Å². The minimum absolute atomic E-state index is 0.00144. The van der Waals surface area contributed by atoms with E-state index in [1.54, 1.807) is 18.4 Å². The molecular weight excluding hydrogens is 538 g/mol. The second-order valence-corrected chi connectivity index (χ2v) is 11.9. The normalized spacial score (nSPS) is 19.3. The first-order valence-corrected chi connectivity index (χ1v) is 15.7. The molecule has 41 heavy (non-hydrogen) atoms. The maximum absolute atomic E-state index is 14.1. The summed E-state index contributed by atoms with van der Waals surface area (Å²) in [6, 6.07) is 11.6. The van der Waals surface area contributed by atoms with Gasteiger partial charge in [0.2, 0.25) is 11.8 Å². The second kappa shape index (κ2) is 13.8. The molecule has 1 aromatic heterocycles. The van der Waals surface area contributed by atoms with Gasteiger partial charge in [0.25, 0.3) is 0 Å². The Labute approximate surface area is 246 Å². The fraction of sp³-hybridized carbons (Fsp3) is 0.531. The van der Waals surface area contributed by atoms with E-state index in [0.717, 1.165) is 64.9 Å². The number of methoxy groups -OCH3 is 1. The monoisotopic (exact) mass is 579 g/mol. The second-order valence-electron chi connectivity index (χ2n) is 11.0. The number of hydrogen-bond donors (Lipinski definition) is 1. The summed E-state index contributed by atoms with van der Waals surface area (Å²) in [7, 11) is 1.66. The molecule has 0 saturated carbocycles. The molecule has 2 fully saturated rings. The third kappa shape index (κ3) is 6.58. The van der Waals surface area contributed by atoms with Crippen molar-refractivity contribution in [2.75, 3.05) is 40.1 Å². The standard InChI is InChI=1S/C32H41N3O5S/c1-4-21(2)30(36)34-29(23-13-16-39-17-14-23)32(37)35-15-7-10-26(35)31-33-25(20-41-31)28-24-9-6-5-8-22(24)11-12-27(28)40-19-18-38-3/h5-6,8-9,11-12,20-21,23,26,29H,4,7,10,13-19H2,1-3H3,(H,34,36)/t21-,26+,29+/m1/s1. The molecule has 9 heteroatoms. The van der Waals surface area contributed by atoms with Crippen LogP contribution < -0.4 is 10.1 Å². The number of hydrogen-bond acceptors (Lipinski definition) is 7. The highest BCUT2D eigenvalue weighted by Gasteiger charge is 2.40. The lowest BCUT2D eigenvalue weighted by molar-refractivity contribution is -0.140. The Hall–Kier alpha value is -3.01. The number of thiazole rings is 1. The number of nitrogens with one attached hydrogen (secondary N) is 1. The number of fused-ring (bicyclic) bond motifs is 1. The molecule has 3 atom stereocenters. The number of aromatic nitrogens is 1. The molecule has 0 spiro atoms. The number of amides is 2. The van der Waals surface area contributed by atoms with Gasteiger partial charge in [0.05, 0.1) is 23.9 Å². The van der Waals surface area contributed by atoms with Crippen LogP contribution in [-0.2, 0) is 19.1 Å². The smallest absolute Gasteiger partial charge is 0.246 e. The van der Waals surface area contributed by atoms with Crippen LogP contribution in [0.1, 0.15) is 57.0 Å². The molecule has 0 radical (unpaired) electrons. The molecule has 220 valence electrons. The Morgan fingerprint density at radius 3 is 2.73 bits per heavy atom. The highest BCUT2D eigenvalue weighted by Crippen LogP contribution is 2.41. The lowest BCUT2D eigenvalue weighted by Crippen LogP contribution is -2.54. The predicted molar refractivity (Wildman–Crippen MR) is 161 cm³/mol. The Kier molecular flexibility index (Phi) is 9.90. The van der Waals surface area contributed by atoms with Crippen molar-refractivity contribution in [3.8, 4) is 17.0 Å². The van der Waals surface area contributed by atoms with Gasteiger partial charge in [-0.15, -0.1) is 11.3 Å². The minimum atomic E-state index is -0.542. The third-order valence-corrected chi connectivity index (χ3v) is 9.34. The number of benzene rings is 2. The van der Waals surface area contributed by atoms with E-state index in [0.29, 0.717) is 33.0 Å². The van der Waals surface area contributed by atoms with Crippen LogP contribution in [0.2, 0.25) is 0 Å². The number of nitrogens with zero attached hydrogens (tertiary/aromatic N) is 2. The van der Waals surface area contributed by atoms with Crippen LogP contribution >= 0.6 is 11.3 Å². The summed E-state index contributed by atoms with van der Waals surface area (Å²) in [5.41, 5.74) is 1.80. The van der Waals surface area contributed by atoms with E-state index in [4.69, 9.17) is 19.2 Å². The summed E-state index contributed by atoms with van der Waals surface area (Å²) in [6.45, 7) is 6.75. The van der Waals surface area contributed by atoms with Crippen molar-refractivity contribution in [1.29, 1.82) is 0 Å². The first-order valence-electron chi connectivity index (χ1n) is 14.8. The number of ether oxygens (including phenoxy) is 3. The molecule has 2 saturated heterocycles. The molecule has 2 amide bonds. The molecule has 0 bridgehead atoms. The van der Waals surface area contributed by atoms with Gasteiger partial charge in [0, 0.05) is 38.2 Å². The molecule has 8 nitrogen and oxygen atoms in total. The summed E-state index contributed by atoms with van der Waals surface area (Å²) in [5, 5.41) is 8.32. The zero-order chi connectivity index (χ0) is 28.8. The molecule has 5 rings (SSSR count). The zero-order valence-corrected chi connectivity index (χ0v) is 25.1. The predicted octanol–water partition coefficient (Wildman–Crippen LogP) is 5.61. The van der Waals surface area contributed by atoms with E-state index < -0.39 is 6.04 Å². The number of carbonyl (C=O) groups excluding carboxylic acids is 2. The summed E-state index contributed by atoms with van der Waals surface area (Å²) in [4.78, 5) is 34.2. The van der Waals surface area contributed by atoms with Crippen molar-refractivity contribution in [3.63, 3.8) is 0 Å². The molecule has 3 heterocycles.